The first-order valence-corrected chi connectivity index (χ1v) is 5.78. The largest absolute Gasteiger partial charge is 0.493 e. The van der Waals surface area contributed by atoms with Crippen molar-refractivity contribution in [3.63, 3.8) is 0 Å². The van der Waals surface area contributed by atoms with E-state index in [2.05, 4.69) is 4.98 Å². The van der Waals surface area contributed by atoms with Crippen LogP contribution in [0.1, 0.15) is 16.1 Å². The first kappa shape index (κ1) is 12.2. The van der Waals surface area contributed by atoms with E-state index in [9.17, 15) is 14.7 Å². The van der Waals surface area contributed by atoms with Crippen LogP contribution in [0.5, 0.6) is 5.88 Å². The molecule has 0 aliphatic carbocycles. The Morgan fingerprint density at radius 3 is 2.75 bits per heavy atom. The highest BCUT2D eigenvalue weighted by Gasteiger charge is 2.17. The van der Waals surface area contributed by atoms with E-state index in [1.165, 1.54) is 0 Å². The number of hydrogen-bond acceptors (Lipinski definition) is 5. The minimum Gasteiger partial charge on any atom is -0.493 e. The molecule has 3 aromatic rings. The van der Waals surface area contributed by atoms with Crippen LogP contribution in [0.25, 0.3) is 21.9 Å². The Balaban J connectivity index is 2.59. The summed E-state index contributed by atoms with van der Waals surface area (Å²) in [5.74, 6) is -2.29. The number of carbonyl (C=O) groups is 1. The van der Waals surface area contributed by atoms with Gasteiger partial charge in [0.15, 0.2) is 11.0 Å². The predicted octanol–water partition coefficient (Wildman–Crippen LogP) is 2.05. The second kappa shape index (κ2) is 4.06. The van der Waals surface area contributed by atoms with E-state index < -0.39 is 23.0 Å². The maximum Gasteiger partial charge on any atom is 0.371 e. The lowest BCUT2D eigenvalue weighted by Crippen LogP contribution is -2.07. The molecular formula is C14H9NO5. The molecule has 20 heavy (non-hydrogen) atoms. The standard InChI is InChI=1S/C14H9NO5/c1-6-2-3-7-8(4-6)15-13(17)11-9(16)5-10(14(18)19)20-12(7)11/h2-5H,1H3,(H,15,17)(H,18,19). The molecule has 0 aliphatic rings. The second-order valence-electron chi connectivity index (χ2n) is 4.44. The van der Waals surface area contributed by atoms with Crippen molar-refractivity contribution in [2.24, 2.45) is 0 Å². The summed E-state index contributed by atoms with van der Waals surface area (Å²) in [6, 6.07) is 6.00. The van der Waals surface area contributed by atoms with Gasteiger partial charge in [-0.2, -0.15) is 0 Å². The fourth-order valence-corrected chi connectivity index (χ4v) is 2.10. The van der Waals surface area contributed by atoms with Crippen molar-refractivity contribution in [1.29, 1.82) is 0 Å². The molecule has 0 radical (unpaired) electrons. The number of fused-ring (bicyclic) bond motifs is 3. The SMILES string of the molecule is Cc1ccc2c(c1)nc(O)c1c(=O)cc(C(=O)O)oc12. The Morgan fingerprint density at radius 1 is 1.30 bits per heavy atom. The third kappa shape index (κ3) is 1.70. The van der Waals surface area contributed by atoms with Crippen LogP contribution in [-0.4, -0.2) is 21.2 Å². The van der Waals surface area contributed by atoms with E-state index in [-0.39, 0.29) is 11.0 Å². The summed E-state index contributed by atoms with van der Waals surface area (Å²) in [5.41, 5.74) is 0.731. The van der Waals surface area contributed by atoms with Crippen molar-refractivity contribution in [2.75, 3.05) is 0 Å². The molecule has 0 amide bonds. The number of aromatic hydroxyl groups is 1. The molecule has 0 fully saturated rings. The number of rotatable bonds is 1. The Bertz CT molecular complexity index is 926. The molecule has 0 atom stereocenters. The summed E-state index contributed by atoms with van der Waals surface area (Å²) in [6.07, 6.45) is 0. The molecule has 2 heterocycles. The average Bonchev–Trinajstić information content (AvgIpc) is 2.37. The van der Waals surface area contributed by atoms with Crippen LogP contribution in [-0.2, 0) is 0 Å². The molecule has 100 valence electrons. The average molecular weight is 271 g/mol. The van der Waals surface area contributed by atoms with Gasteiger partial charge in [0.2, 0.25) is 11.6 Å². The highest BCUT2D eigenvalue weighted by molar-refractivity contribution is 6.04. The number of hydrogen-bond donors (Lipinski definition) is 2. The lowest BCUT2D eigenvalue weighted by molar-refractivity contribution is 0.0663. The van der Waals surface area contributed by atoms with Crippen molar-refractivity contribution in [3.05, 3.63) is 45.8 Å². The summed E-state index contributed by atoms with van der Waals surface area (Å²) in [7, 11) is 0. The molecule has 0 saturated carbocycles. The highest BCUT2D eigenvalue weighted by Crippen LogP contribution is 2.28. The van der Waals surface area contributed by atoms with Gasteiger partial charge in [0.05, 0.1) is 5.52 Å². The van der Waals surface area contributed by atoms with Gasteiger partial charge in [-0.15, -0.1) is 0 Å². The smallest absolute Gasteiger partial charge is 0.371 e. The zero-order valence-electron chi connectivity index (χ0n) is 10.4. The van der Waals surface area contributed by atoms with Crippen LogP contribution >= 0.6 is 0 Å². The summed E-state index contributed by atoms with van der Waals surface area (Å²) in [6.45, 7) is 1.85. The molecule has 2 N–H and O–H groups in total. The third-order valence-electron chi connectivity index (χ3n) is 3.01. The quantitative estimate of drug-likeness (QED) is 0.657. The van der Waals surface area contributed by atoms with Gasteiger partial charge < -0.3 is 14.6 Å². The zero-order chi connectivity index (χ0) is 14.4. The van der Waals surface area contributed by atoms with Crippen LogP contribution in [0.2, 0.25) is 0 Å². The number of aryl methyl sites for hydroxylation is 1. The van der Waals surface area contributed by atoms with Crippen LogP contribution < -0.4 is 5.43 Å². The minimum absolute atomic E-state index is 0.0254. The number of carboxylic acid groups (broad SMARTS) is 1. The summed E-state index contributed by atoms with van der Waals surface area (Å²) in [5, 5.41) is 19.2. The summed E-state index contributed by atoms with van der Waals surface area (Å²) in [4.78, 5) is 26.8. The molecule has 3 rings (SSSR count). The Hall–Kier alpha value is -2.89. The maximum absolute atomic E-state index is 11.9. The van der Waals surface area contributed by atoms with E-state index in [4.69, 9.17) is 9.52 Å². The van der Waals surface area contributed by atoms with Crippen LogP contribution in [0.4, 0.5) is 0 Å². The number of pyridine rings is 1. The monoisotopic (exact) mass is 271 g/mol. The molecule has 6 heteroatoms. The fourth-order valence-electron chi connectivity index (χ4n) is 2.10. The molecule has 2 aromatic heterocycles. The van der Waals surface area contributed by atoms with Crippen molar-refractivity contribution in [1.82, 2.24) is 4.98 Å². The normalized spacial score (nSPS) is 11.1. The van der Waals surface area contributed by atoms with Crippen LogP contribution in [0.15, 0.2) is 33.5 Å². The molecular weight excluding hydrogens is 262 g/mol. The molecule has 0 aliphatic heterocycles. The Morgan fingerprint density at radius 2 is 2.05 bits per heavy atom. The lowest BCUT2D eigenvalue weighted by atomic mass is 10.1. The van der Waals surface area contributed by atoms with E-state index in [0.717, 1.165) is 11.6 Å². The number of nitrogens with zero attached hydrogens (tertiary/aromatic N) is 1. The molecule has 1 aromatic carbocycles. The van der Waals surface area contributed by atoms with Gasteiger partial charge in [0.25, 0.3) is 0 Å². The molecule has 0 unspecified atom stereocenters. The van der Waals surface area contributed by atoms with Crippen LogP contribution in [0.3, 0.4) is 0 Å². The number of aromatic carboxylic acids is 1. The van der Waals surface area contributed by atoms with Crippen molar-refractivity contribution in [3.8, 4) is 5.88 Å². The van der Waals surface area contributed by atoms with Gasteiger partial charge in [-0.05, 0) is 24.6 Å². The lowest BCUT2D eigenvalue weighted by Gasteiger charge is -2.05. The van der Waals surface area contributed by atoms with Crippen molar-refractivity contribution < 1.29 is 19.4 Å². The molecule has 0 spiro atoms. The van der Waals surface area contributed by atoms with Crippen molar-refractivity contribution in [2.45, 2.75) is 6.92 Å². The summed E-state index contributed by atoms with van der Waals surface area (Å²) < 4.78 is 5.24. The maximum atomic E-state index is 11.9. The van der Waals surface area contributed by atoms with Gasteiger partial charge in [-0.1, -0.05) is 6.07 Å². The van der Waals surface area contributed by atoms with E-state index >= 15 is 0 Å². The molecule has 0 bridgehead atoms. The Labute approximate surface area is 111 Å². The van der Waals surface area contributed by atoms with Crippen LogP contribution in [0, 0.1) is 6.92 Å². The van der Waals surface area contributed by atoms with Crippen molar-refractivity contribution >= 4 is 27.8 Å². The Kier molecular flexibility index (Phi) is 2.47. The van der Waals surface area contributed by atoms with E-state index in [1.807, 2.05) is 6.92 Å². The number of benzene rings is 1. The minimum atomic E-state index is -1.35. The van der Waals surface area contributed by atoms with E-state index in [1.54, 1.807) is 18.2 Å². The second-order valence-corrected chi connectivity index (χ2v) is 4.44. The van der Waals surface area contributed by atoms with Gasteiger partial charge in [0.1, 0.15) is 5.39 Å². The van der Waals surface area contributed by atoms with E-state index in [0.29, 0.717) is 10.9 Å². The van der Waals surface area contributed by atoms with Gasteiger partial charge in [-0.3, -0.25) is 4.79 Å². The number of aromatic nitrogens is 1. The van der Waals surface area contributed by atoms with Gasteiger partial charge in [-0.25, -0.2) is 9.78 Å². The fraction of sp³-hybridized carbons (Fsp3) is 0.0714. The molecule has 0 saturated heterocycles. The first-order valence-electron chi connectivity index (χ1n) is 5.78. The van der Waals surface area contributed by atoms with Gasteiger partial charge >= 0.3 is 5.97 Å². The molecule has 6 nitrogen and oxygen atoms in total. The van der Waals surface area contributed by atoms with Gasteiger partial charge in [0, 0.05) is 11.5 Å². The third-order valence-corrected chi connectivity index (χ3v) is 3.01. The highest BCUT2D eigenvalue weighted by atomic mass is 16.4. The topological polar surface area (TPSA) is 101 Å². The summed E-state index contributed by atoms with van der Waals surface area (Å²) >= 11 is 0. The predicted molar refractivity (Wildman–Crippen MR) is 71.1 cm³/mol. The zero-order valence-corrected chi connectivity index (χ0v) is 10.4. The number of carboxylic acids is 1. The first-order chi connectivity index (χ1) is 9.47.